The minimum absolute atomic E-state index is 0. The summed E-state index contributed by atoms with van der Waals surface area (Å²) in [6, 6.07) is 0. The van der Waals surface area contributed by atoms with E-state index in [0.29, 0.717) is 5.41 Å². The van der Waals surface area contributed by atoms with Gasteiger partial charge in [-0.3, -0.25) is 4.99 Å². The summed E-state index contributed by atoms with van der Waals surface area (Å²) < 4.78 is 10.6. The van der Waals surface area contributed by atoms with Gasteiger partial charge in [-0.15, -0.1) is 24.0 Å². The quantitative estimate of drug-likeness (QED) is 0.244. The van der Waals surface area contributed by atoms with E-state index in [0.717, 1.165) is 51.7 Å². The monoisotopic (exact) mass is 427 g/mol. The van der Waals surface area contributed by atoms with Crippen molar-refractivity contribution in [1.29, 1.82) is 0 Å². The number of ether oxygens (including phenoxy) is 2. The summed E-state index contributed by atoms with van der Waals surface area (Å²) >= 11 is 0. The van der Waals surface area contributed by atoms with Crippen molar-refractivity contribution >= 4 is 29.9 Å². The number of guanidine groups is 1. The molecule has 2 N–H and O–H groups in total. The lowest BCUT2D eigenvalue weighted by Crippen LogP contribution is -2.43. The average molecular weight is 427 g/mol. The molecule has 0 amide bonds. The lowest BCUT2D eigenvalue weighted by Gasteiger charge is -2.30. The zero-order valence-electron chi connectivity index (χ0n) is 14.5. The number of hydrogen-bond acceptors (Lipinski definition) is 3. The zero-order chi connectivity index (χ0) is 15.4. The molecule has 0 aliphatic heterocycles. The van der Waals surface area contributed by atoms with Crippen molar-refractivity contribution in [3.05, 3.63) is 0 Å². The third-order valence-electron chi connectivity index (χ3n) is 4.32. The molecule has 22 heavy (non-hydrogen) atoms. The molecule has 1 saturated carbocycles. The fraction of sp³-hybridized carbons (Fsp3) is 0.938. The van der Waals surface area contributed by atoms with E-state index in [2.05, 4.69) is 15.6 Å². The lowest BCUT2D eigenvalue weighted by molar-refractivity contribution is 0.138. The van der Waals surface area contributed by atoms with Crippen LogP contribution in [0.25, 0.3) is 0 Å². The van der Waals surface area contributed by atoms with Crippen LogP contribution in [0, 0.1) is 5.41 Å². The Labute approximate surface area is 153 Å². The number of methoxy groups -OCH3 is 1. The first-order chi connectivity index (χ1) is 10.3. The van der Waals surface area contributed by atoms with Crippen LogP contribution in [0.4, 0.5) is 0 Å². The van der Waals surface area contributed by atoms with Crippen LogP contribution in [0.5, 0.6) is 0 Å². The van der Waals surface area contributed by atoms with Gasteiger partial charge in [0.25, 0.3) is 0 Å². The maximum Gasteiger partial charge on any atom is 0.190 e. The van der Waals surface area contributed by atoms with Crippen LogP contribution in [0.1, 0.15) is 45.4 Å². The summed E-state index contributed by atoms with van der Waals surface area (Å²) in [5.74, 6) is 0.898. The molecule has 6 heteroatoms. The molecule has 0 aromatic heterocycles. The van der Waals surface area contributed by atoms with Gasteiger partial charge in [0.2, 0.25) is 0 Å². The molecule has 0 aromatic rings. The van der Waals surface area contributed by atoms with E-state index in [1.165, 1.54) is 25.7 Å². The third kappa shape index (κ3) is 8.53. The Balaban J connectivity index is 0.00000441. The highest BCUT2D eigenvalue weighted by atomic mass is 127. The van der Waals surface area contributed by atoms with Crippen molar-refractivity contribution in [3.63, 3.8) is 0 Å². The van der Waals surface area contributed by atoms with Crippen LogP contribution in [-0.2, 0) is 9.47 Å². The Bertz CT molecular complexity index is 295. The Kier molecular flexibility index (Phi) is 13.3. The van der Waals surface area contributed by atoms with Crippen molar-refractivity contribution in [3.8, 4) is 0 Å². The SMILES string of the molecule is CCOCCCNC(=NC)NCC1(CCOC)CCCC1.I. The topological polar surface area (TPSA) is 54.9 Å². The first-order valence-corrected chi connectivity index (χ1v) is 8.27. The largest absolute Gasteiger partial charge is 0.385 e. The van der Waals surface area contributed by atoms with Crippen molar-refractivity contribution < 1.29 is 9.47 Å². The summed E-state index contributed by atoms with van der Waals surface area (Å²) in [6.45, 7) is 6.34. The highest BCUT2D eigenvalue weighted by Gasteiger charge is 2.33. The number of aliphatic imine (C=N–C) groups is 1. The predicted octanol–water partition coefficient (Wildman–Crippen LogP) is 2.79. The van der Waals surface area contributed by atoms with Crippen LogP contribution in [0.2, 0.25) is 0 Å². The number of nitrogens with zero attached hydrogens (tertiary/aromatic N) is 1. The Morgan fingerprint density at radius 1 is 1.18 bits per heavy atom. The van der Waals surface area contributed by atoms with Crippen LogP contribution in [-0.4, -0.2) is 53.0 Å². The average Bonchev–Trinajstić information content (AvgIpc) is 2.97. The molecule has 132 valence electrons. The molecule has 5 nitrogen and oxygen atoms in total. The van der Waals surface area contributed by atoms with E-state index in [1.807, 2.05) is 14.0 Å². The number of rotatable bonds is 10. The molecule has 0 bridgehead atoms. The van der Waals surface area contributed by atoms with Crippen molar-refractivity contribution in [2.24, 2.45) is 10.4 Å². The van der Waals surface area contributed by atoms with Gasteiger partial charge in [0.15, 0.2) is 5.96 Å². The van der Waals surface area contributed by atoms with Gasteiger partial charge in [0.05, 0.1) is 0 Å². The number of halogens is 1. The zero-order valence-corrected chi connectivity index (χ0v) is 16.8. The number of hydrogen-bond donors (Lipinski definition) is 2. The van der Waals surface area contributed by atoms with E-state index >= 15 is 0 Å². The van der Waals surface area contributed by atoms with Crippen LogP contribution < -0.4 is 10.6 Å². The fourth-order valence-corrected chi connectivity index (χ4v) is 2.98. The summed E-state index contributed by atoms with van der Waals surface area (Å²) in [4.78, 5) is 4.30. The second-order valence-electron chi connectivity index (χ2n) is 5.85. The maximum absolute atomic E-state index is 5.34. The molecule has 1 fully saturated rings. The van der Waals surface area contributed by atoms with Gasteiger partial charge in [0.1, 0.15) is 0 Å². The maximum atomic E-state index is 5.34. The second kappa shape index (κ2) is 13.4. The van der Waals surface area contributed by atoms with Crippen LogP contribution >= 0.6 is 24.0 Å². The summed E-state index contributed by atoms with van der Waals surface area (Å²) in [7, 11) is 3.61. The highest BCUT2D eigenvalue weighted by molar-refractivity contribution is 14.0. The molecule has 0 spiro atoms. The minimum Gasteiger partial charge on any atom is -0.385 e. The van der Waals surface area contributed by atoms with Gasteiger partial charge >= 0.3 is 0 Å². The van der Waals surface area contributed by atoms with Gasteiger partial charge in [-0.1, -0.05) is 12.8 Å². The van der Waals surface area contributed by atoms with Gasteiger partial charge in [-0.2, -0.15) is 0 Å². The van der Waals surface area contributed by atoms with Crippen molar-refractivity contribution in [2.45, 2.75) is 45.4 Å². The Morgan fingerprint density at radius 2 is 1.91 bits per heavy atom. The molecule has 0 unspecified atom stereocenters. The first-order valence-electron chi connectivity index (χ1n) is 8.27. The van der Waals surface area contributed by atoms with E-state index in [9.17, 15) is 0 Å². The minimum atomic E-state index is 0. The van der Waals surface area contributed by atoms with Gasteiger partial charge in [-0.25, -0.2) is 0 Å². The molecule has 0 aromatic carbocycles. The van der Waals surface area contributed by atoms with Crippen LogP contribution in [0.15, 0.2) is 4.99 Å². The van der Waals surface area contributed by atoms with E-state index in [-0.39, 0.29) is 24.0 Å². The van der Waals surface area contributed by atoms with E-state index < -0.39 is 0 Å². The predicted molar refractivity (Wildman–Crippen MR) is 103 cm³/mol. The molecule has 0 heterocycles. The Hall–Kier alpha value is -0.0800. The normalized spacial score (nSPS) is 17.1. The first kappa shape index (κ1) is 21.9. The van der Waals surface area contributed by atoms with Crippen LogP contribution in [0.3, 0.4) is 0 Å². The molecule has 1 rings (SSSR count). The smallest absolute Gasteiger partial charge is 0.190 e. The van der Waals surface area contributed by atoms with Gasteiger partial charge in [0, 0.05) is 47.1 Å². The molecular weight excluding hydrogens is 393 g/mol. The molecule has 0 saturated heterocycles. The molecular formula is C16H34IN3O2. The lowest BCUT2D eigenvalue weighted by atomic mass is 9.83. The van der Waals surface area contributed by atoms with Crippen molar-refractivity contribution in [2.75, 3.05) is 47.1 Å². The molecule has 0 radical (unpaired) electrons. The molecule has 1 aliphatic carbocycles. The van der Waals surface area contributed by atoms with Gasteiger partial charge < -0.3 is 20.1 Å². The fourth-order valence-electron chi connectivity index (χ4n) is 2.98. The highest BCUT2D eigenvalue weighted by Crippen LogP contribution is 2.40. The summed E-state index contributed by atoms with van der Waals surface area (Å²) in [5, 5.41) is 6.85. The standard InChI is InChI=1S/C16H33N3O2.HI/c1-4-21-12-7-11-18-15(17-2)19-14-16(10-13-20-3)8-5-6-9-16;/h4-14H2,1-3H3,(H2,17,18,19);1H. The second-order valence-corrected chi connectivity index (χ2v) is 5.85. The van der Waals surface area contributed by atoms with E-state index in [1.54, 1.807) is 7.11 Å². The van der Waals surface area contributed by atoms with Gasteiger partial charge in [-0.05, 0) is 38.0 Å². The van der Waals surface area contributed by atoms with E-state index in [4.69, 9.17) is 9.47 Å². The molecule has 1 aliphatic rings. The summed E-state index contributed by atoms with van der Waals surface area (Å²) in [6.07, 6.45) is 7.41. The number of nitrogens with one attached hydrogen (secondary N) is 2. The third-order valence-corrected chi connectivity index (χ3v) is 4.32. The van der Waals surface area contributed by atoms with Crippen molar-refractivity contribution in [1.82, 2.24) is 10.6 Å². The summed E-state index contributed by atoms with van der Waals surface area (Å²) in [5.41, 5.74) is 0.388. The Morgan fingerprint density at radius 3 is 2.50 bits per heavy atom. The molecule has 0 atom stereocenters.